The van der Waals surface area contributed by atoms with Gasteiger partial charge in [0.2, 0.25) is 26.0 Å². The number of benzene rings is 2. The van der Waals surface area contributed by atoms with Crippen molar-refractivity contribution < 1.29 is 31.1 Å². The van der Waals surface area contributed by atoms with Crippen LogP contribution in [-0.4, -0.2) is 71.2 Å². The van der Waals surface area contributed by atoms with Gasteiger partial charge in [-0.2, -0.15) is 8.61 Å². The van der Waals surface area contributed by atoms with Gasteiger partial charge in [-0.15, -0.1) is 0 Å². The summed E-state index contributed by atoms with van der Waals surface area (Å²) in [5, 5.41) is 2.56. The second kappa shape index (κ2) is 10.1. The monoisotopic (exact) mass is 497 g/mol. The lowest BCUT2D eigenvalue weighted by Gasteiger charge is -2.21. The predicted octanol–water partition coefficient (Wildman–Crippen LogP) is 1.75. The van der Waals surface area contributed by atoms with Gasteiger partial charge < -0.3 is 14.8 Å². The summed E-state index contributed by atoms with van der Waals surface area (Å²) >= 11 is 0. The number of anilines is 1. The first-order valence-corrected chi connectivity index (χ1v) is 13.2. The van der Waals surface area contributed by atoms with Gasteiger partial charge in [-0.25, -0.2) is 16.8 Å². The predicted molar refractivity (Wildman–Crippen MR) is 122 cm³/mol. The Balaban J connectivity index is 1.72. The molecule has 0 spiro atoms. The average molecular weight is 498 g/mol. The first kappa shape index (κ1) is 25.0. The van der Waals surface area contributed by atoms with Crippen LogP contribution >= 0.6 is 0 Å². The Morgan fingerprint density at radius 2 is 1.55 bits per heavy atom. The largest absolute Gasteiger partial charge is 0.486 e. The molecule has 2 aromatic rings. The van der Waals surface area contributed by atoms with Gasteiger partial charge in [-0.05, 0) is 30.3 Å². The van der Waals surface area contributed by atoms with Gasteiger partial charge in [-0.3, -0.25) is 4.79 Å². The fraction of sp³-hybridized carbons (Fsp3) is 0.381. The third-order valence-corrected chi connectivity index (χ3v) is 8.89. The van der Waals surface area contributed by atoms with Crippen molar-refractivity contribution in [3.63, 3.8) is 0 Å². The number of carbonyl (C=O) groups excluding carboxylic acids is 1. The maximum atomic E-state index is 12.9. The Morgan fingerprint density at radius 3 is 2.21 bits per heavy atom. The van der Waals surface area contributed by atoms with Crippen molar-refractivity contribution in [3.8, 4) is 11.5 Å². The van der Waals surface area contributed by atoms with E-state index in [0.717, 1.165) is 4.31 Å². The van der Waals surface area contributed by atoms with E-state index in [0.29, 0.717) is 37.8 Å². The summed E-state index contributed by atoms with van der Waals surface area (Å²) in [6.07, 6.45) is 0. The minimum Gasteiger partial charge on any atom is -0.486 e. The van der Waals surface area contributed by atoms with E-state index in [1.165, 1.54) is 53.8 Å². The maximum Gasteiger partial charge on any atom is 0.243 e. The van der Waals surface area contributed by atoms with Gasteiger partial charge in [0, 0.05) is 31.9 Å². The molecule has 0 radical (unpaired) electrons. The molecule has 0 atom stereocenters. The summed E-state index contributed by atoms with van der Waals surface area (Å²) in [7, 11) is -6.39. The van der Waals surface area contributed by atoms with E-state index in [4.69, 9.17) is 9.47 Å². The van der Waals surface area contributed by atoms with Crippen molar-refractivity contribution in [2.75, 3.05) is 45.2 Å². The zero-order valence-electron chi connectivity index (χ0n) is 18.6. The fourth-order valence-electron chi connectivity index (χ4n) is 3.30. The molecule has 1 N–H and O–H groups in total. The number of hydrogen-bond donors (Lipinski definition) is 1. The van der Waals surface area contributed by atoms with Gasteiger partial charge in [0.25, 0.3) is 0 Å². The molecule has 12 heteroatoms. The minimum atomic E-state index is -3.97. The van der Waals surface area contributed by atoms with Gasteiger partial charge in [-0.1, -0.05) is 19.9 Å². The number of amides is 1. The van der Waals surface area contributed by atoms with Crippen molar-refractivity contribution >= 4 is 31.6 Å². The maximum absolute atomic E-state index is 12.9. The second-order valence-corrected chi connectivity index (χ2v) is 11.2. The number of nitrogens with one attached hydrogen (secondary N) is 1. The van der Waals surface area contributed by atoms with E-state index in [-0.39, 0.29) is 15.5 Å². The van der Waals surface area contributed by atoms with Crippen LogP contribution in [0.25, 0.3) is 0 Å². The topological polar surface area (TPSA) is 122 Å². The zero-order chi connectivity index (χ0) is 24.2. The Morgan fingerprint density at radius 1 is 0.909 bits per heavy atom. The normalized spacial score (nSPS) is 13.8. The van der Waals surface area contributed by atoms with Crippen LogP contribution in [0.3, 0.4) is 0 Å². The highest BCUT2D eigenvalue weighted by molar-refractivity contribution is 7.89. The molecule has 2 aromatic carbocycles. The summed E-state index contributed by atoms with van der Waals surface area (Å²) in [5.41, 5.74) is 0.248. The average Bonchev–Trinajstić information content (AvgIpc) is 2.79. The highest BCUT2D eigenvalue weighted by Gasteiger charge is 2.26. The molecule has 0 aliphatic carbocycles. The van der Waals surface area contributed by atoms with Gasteiger partial charge in [0.15, 0.2) is 11.5 Å². The number of ether oxygens (including phenoxy) is 2. The molecule has 1 aliphatic heterocycles. The number of nitrogens with zero attached hydrogens (tertiary/aromatic N) is 2. The second-order valence-electron chi connectivity index (χ2n) is 7.23. The Kier molecular flexibility index (Phi) is 7.62. The molecule has 0 saturated carbocycles. The van der Waals surface area contributed by atoms with Crippen LogP contribution in [0.1, 0.15) is 13.8 Å². The lowest BCUT2D eigenvalue weighted by atomic mass is 10.3. The van der Waals surface area contributed by atoms with Crippen molar-refractivity contribution in [2.24, 2.45) is 0 Å². The number of fused-ring (bicyclic) bond motifs is 1. The first-order valence-electron chi connectivity index (χ1n) is 10.4. The summed E-state index contributed by atoms with van der Waals surface area (Å²) < 4.78 is 64.3. The van der Waals surface area contributed by atoms with Crippen LogP contribution < -0.4 is 14.8 Å². The Bertz CT molecular complexity index is 1230. The van der Waals surface area contributed by atoms with Crippen LogP contribution in [0.15, 0.2) is 52.3 Å². The number of hydrogen-bond acceptors (Lipinski definition) is 7. The van der Waals surface area contributed by atoms with E-state index >= 15 is 0 Å². The molecule has 1 aliphatic rings. The molecule has 33 heavy (non-hydrogen) atoms. The molecule has 1 heterocycles. The van der Waals surface area contributed by atoms with E-state index in [9.17, 15) is 21.6 Å². The van der Waals surface area contributed by atoms with E-state index < -0.39 is 32.5 Å². The number of sulfonamides is 2. The van der Waals surface area contributed by atoms with Gasteiger partial charge in [0.1, 0.15) is 13.2 Å². The highest BCUT2D eigenvalue weighted by Crippen LogP contribution is 2.33. The Hall–Kier alpha value is -2.67. The van der Waals surface area contributed by atoms with Crippen LogP contribution in [0.4, 0.5) is 5.69 Å². The van der Waals surface area contributed by atoms with Crippen molar-refractivity contribution in [2.45, 2.75) is 23.6 Å². The summed E-state index contributed by atoms with van der Waals surface area (Å²) in [5.74, 6) is 0.169. The van der Waals surface area contributed by atoms with E-state index in [1.54, 1.807) is 13.8 Å². The molecular formula is C21H27N3O7S2. The Labute approximate surface area is 194 Å². The summed E-state index contributed by atoms with van der Waals surface area (Å²) in [4.78, 5) is 12.5. The smallest absolute Gasteiger partial charge is 0.243 e. The lowest BCUT2D eigenvalue weighted by molar-refractivity contribution is -0.116. The van der Waals surface area contributed by atoms with Crippen molar-refractivity contribution in [1.29, 1.82) is 0 Å². The molecule has 0 unspecified atom stereocenters. The SMILES string of the molecule is CCN(CC)S(=O)(=O)c1cccc(NC(=O)CN(C)S(=O)(=O)c2ccc3c(c2)OCCO3)c1. The van der Waals surface area contributed by atoms with Gasteiger partial charge in [0.05, 0.1) is 16.3 Å². The van der Waals surface area contributed by atoms with E-state index in [2.05, 4.69) is 5.32 Å². The lowest BCUT2D eigenvalue weighted by Crippen LogP contribution is -2.35. The number of likely N-dealkylation sites (N-methyl/N-ethyl adjacent to an activating group) is 1. The zero-order valence-corrected chi connectivity index (χ0v) is 20.3. The first-order chi connectivity index (χ1) is 15.6. The van der Waals surface area contributed by atoms with E-state index in [1.807, 2.05) is 0 Å². The van der Waals surface area contributed by atoms with Crippen molar-refractivity contribution in [1.82, 2.24) is 8.61 Å². The van der Waals surface area contributed by atoms with Crippen molar-refractivity contribution in [3.05, 3.63) is 42.5 Å². The third kappa shape index (κ3) is 5.46. The molecule has 0 bridgehead atoms. The molecular weight excluding hydrogens is 470 g/mol. The minimum absolute atomic E-state index is 0.0330. The molecule has 180 valence electrons. The quantitative estimate of drug-likeness (QED) is 0.560. The third-order valence-electron chi connectivity index (χ3n) is 5.05. The van der Waals surface area contributed by atoms with Gasteiger partial charge >= 0.3 is 0 Å². The van der Waals surface area contributed by atoms with Crippen LogP contribution in [0.5, 0.6) is 11.5 Å². The summed E-state index contributed by atoms with van der Waals surface area (Å²) in [6.45, 7) is 4.35. The molecule has 0 aromatic heterocycles. The standard InChI is InChI=1S/C21H27N3O7S2/c1-4-24(5-2)33(28,29)17-8-6-7-16(13-17)22-21(25)15-23(3)32(26,27)18-9-10-19-20(14-18)31-12-11-30-19/h6-10,13-14H,4-5,11-12,15H2,1-3H3,(H,22,25). The molecule has 3 rings (SSSR count). The molecule has 0 saturated heterocycles. The van der Waals surface area contributed by atoms with Crippen LogP contribution in [0, 0.1) is 0 Å². The summed E-state index contributed by atoms with van der Waals surface area (Å²) in [6, 6.07) is 10.1. The highest BCUT2D eigenvalue weighted by atomic mass is 32.2. The number of rotatable bonds is 9. The van der Waals surface area contributed by atoms with Crippen LogP contribution in [-0.2, 0) is 24.8 Å². The molecule has 10 nitrogen and oxygen atoms in total. The molecule has 0 fully saturated rings. The fourth-order valence-corrected chi connectivity index (χ4v) is 5.95. The molecule has 1 amide bonds. The number of carbonyl (C=O) groups is 1. The van der Waals surface area contributed by atoms with Crippen LogP contribution in [0.2, 0.25) is 0 Å².